The Kier molecular flexibility index (Phi) is 4.10. The zero-order valence-electron chi connectivity index (χ0n) is 11.2. The number of hydrogen-bond acceptors (Lipinski definition) is 3. The molecule has 0 bridgehead atoms. The second-order valence-corrected chi connectivity index (χ2v) is 4.64. The van der Waals surface area contributed by atoms with Gasteiger partial charge in [0, 0.05) is 24.6 Å². The molecule has 4 nitrogen and oxygen atoms in total. The van der Waals surface area contributed by atoms with Crippen molar-refractivity contribution < 1.29 is 0 Å². The van der Waals surface area contributed by atoms with Crippen LogP contribution in [-0.2, 0) is 6.54 Å². The molecule has 96 valence electrons. The third kappa shape index (κ3) is 2.96. The summed E-state index contributed by atoms with van der Waals surface area (Å²) in [5.74, 6) is 1.31. The molecule has 0 radical (unpaired) electrons. The lowest BCUT2D eigenvalue weighted by Gasteiger charge is -2.11. The van der Waals surface area contributed by atoms with Gasteiger partial charge in [-0.05, 0) is 36.2 Å². The standard InChI is InChI=1S/C14H20N4/c1-4-15-10-12-8-13(11(2)3)17-14(9-12)18-7-5-6-16-18/h5-9,11,15H,4,10H2,1-3H3. The maximum atomic E-state index is 4.66. The van der Waals surface area contributed by atoms with E-state index in [1.54, 1.807) is 10.9 Å². The number of nitrogens with one attached hydrogen (secondary N) is 1. The first-order valence-electron chi connectivity index (χ1n) is 6.42. The SMILES string of the molecule is CCNCc1cc(C(C)C)nc(-n2cccn2)c1. The topological polar surface area (TPSA) is 42.7 Å². The van der Waals surface area contributed by atoms with Gasteiger partial charge in [-0.2, -0.15) is 5.10 Å². The van der Waals surface area contributed by atoms with E-state index in [9.17, 15) is 0 Å². The first-order valence-corrected chi connectivity index (χ1v) is 6.42. The third-order valence-corrected chi connectivity index (χ3v) is 2.80. The van der Waals surface area contributed by atoms with Gasteiger partial charge < -0.3 is 5.32 Å². The number of pyridine rings is 1. The average molecular weight is 244 g/mol. The van der Waals surface area contributed by atoms with E-state index in [1.807, 2.05) is 12.3 Å². The molecule has 0 saturated carbocycles. The van der Waals surface area contributed by atoms with E-state index < -0.39 is 0 Å². The Bertz CT molecular complexity index is 489. The summed E-state index contributed by atoms with van der Waals surface area (Å²) in [4.78, 5) is 4.66. The van der Waals surface area contributed by atoms with Gasteiger partial charge in [-0.15, -0.1) is 0 Å². The summed E-state index contributed by atoms with van der Waals surface area (Å²) in [5.41, 5.74) is 2.36. The lowest BCUT2D eigenvalue weighted by Crippen LogP contribution is -2.13. The molecule has 2 heterocycles. The van der Waals surface area contributed by atoms with E-state index in [1.165, 1.54) is 5.56 Å². The molecular weight excluding hydrogens is 224 g/mol. The van der Waals surface area contributed by atoms with Crippen molar-refractivity contribution in [2.24, 2.45) is 0 Å². The van der Waals surface area contributed by atoms with Crippen molar-refractivity contribution in [3.8, 4) is 5.82 Å². The predicted molar refractivity (Wildman–Crippen MR) is 72.8 cm³/mol. The lowest BCUT2D eigenvalue weighted by molar-refractivity contribution is 0.714. The molecule has 2 rings (SSSR count). The molecule has 2 aromatic rings. The molecule has 0 amide bonds. The molecule has 0 aliphatic carbocycles. The first kappa shape index (κ1) is 12.8. The first-order chi connectivity index (χ1) is 8.70. The van der Waals surface area contributed by atoms with E-state index in [0.717, 1.165) is 24.6 Å². The zero-order valence-corrected chi connectivity index (χ0v) is 11.2. The number of nitrogens with zero attached hydrogens (tertiary/aromatic N) is 3. The van der Waals surface area contributed by atoms with Gasteiger partial charge in [0.15, 0.2) is 5.82 Å². The molecule has 0 unspecified atom stereocenters. The molecule has 0 fully saturated rings. The van der Waals surface area contributed by atoms with E-state index in [-0.39, 0.29) is 0 Å². The van der Waals surface area contributed by atoms with Crippen LogP contribution in [0, 0.1) is 0 Å². The van der Waals surface area contributed by atoms with Gasteiger partial charge in [0.2, 0.25) is 0 Å². The highest BCUT2D eigenvalue weighted by Gasteiger charge is 2.07. The molecule has 0 spiro atoms. The molecule has 18 heavy (non-hydrogen) atoms. The summed E-state index contributed by atoms with van der Waals surface area (Å²) in [5, 5.41) is 7.59. The fourth-order valence-electron chi connectivity index (χ4n) is 1.78. The molecule has 0 aliphatic rings. The second kappa shape index (κ2) is 5.78. The van der Waals surface area contributed by atoms with Crippen molar-refractivity contribution in [2.75, 3.05) is 6.54 Å². The van der Waals surface area contributed by atoms with E-state index in [4.69, 9.17) is 0 Å². The summed E-state index contributed by atoms with van der Waals surface area (Å²) in [6.07, 6.45) is 3.69. The summed E-state index contributed by atoms with van der Waals surface area (Å²) < 4.78 is 1.81. The van der Waals surface area contributed by atoms with Crippen LogP contribution in [0.2, 0.25) is 0 Å². The fraction of sp³-hybridized carbons (Fsp3) is 0.429. The molecule has 2 aromatic heterocycles. The number of rotatable bonds is 5. The molecular formula is C14H20N4. The minimum absolute atomic E-state index is 0.417. The Morgan fingerprint density at radius 3 is 2.78 bits per heavy atom. The van der Waals surface area contributed by atoms with Crippen molar-refractivity contribution in [1.82, 2.24) is 20.1 Å². The average Bonchev–Trinajstić information content (AvgIpc) is 2.89. The van der Waals surface area contributed by atoms with E-state index >= 15 is 0 Å². The van der Waals surface area contributed by atoms with Gasteiger partial charge in [0.1, 0.15) is 0 Å². The highest BCUT2D eigenvalue weighted by atomic mass is 15.3. The van der Waals surface area contributed by atoms with Gasteiger partial charge in [-0.25, -0.2) is 9.67 Å². The highest BCUT2D eigenvalue weighted by molar-refractivity contribution is 5.31. The molecule has 0 saturated heterocycles. The van der Waals surface area contributed by atoms with Crippen LogP contribution in [0.1, 0.15) is 37.9 Å². The van der Waals surface area contributed by atoms with Crippen molar-refractivity contribution in [1.29, 1.82) is 0 Å². The van der Waals surface area contributed by atoms with Crippen LogP contribution in [0.5, 0.6) is 0 Å². The minimum Gasteiger partial charge on any atom is -0.313 e. The summed E-state index contributed by atoms with van der Waals surface area (Å²) in [7, 11) is 0. The smallest absolute Gasteiger partial charge is 0.153 e. The predicted octanol–water partition coefficient (Wildman–Crippen LogP) is 2.50. The summed E-state index contributed by atoms with van der Waals surface area (Å²) in [6, 6.07) is 6.16. The molecule has 0 aromatic carbocycles. The second-order valence-electron chi connectivity index (χ2n) is 4.64. The van der Waals surface area contributed by atoms with Crippen molar-refractivity contribution in [3.63, 3.8) is 0 Å². The molecule has 0 aliphatic heterocycles. The van der Waals surface area contributed by atoms with Crippen LogP contribution in [0.3, 0.4) is 0 Å². The van der Waals surface area contributed by atoms with Gasteiger partial charge in [-0.3, -0.25) is 0 Å². The van der Waals surface area contributed by atoms with Crippen LogP contribution in [0.25, 0.3) is 5.82 Å². The molecule has 0 atom stereocenters. The van der Waals surface area contributed by atoms with Gasteiger partial charge >= 0.3 is 0 Å². The largest absolute Gasteiger partial charge is 0.313 e. The zero-order chi connectivity index (χ0) is 13.0. The Hall–Kier alpha value is -1.68. The van der Waals surface area contributed by atoms with Gasteiger partial charge in [0.05, 0.1) is 0 Å². The molecule has 4 heteroatoms. The number of aromatic nitrogens is 3. The third-order valence-electron chi connectivity index (χ3n) is 2.80. The summed E-state index contributed by atoms with van der Waals surface area (Å²) >= 11 is 0. The van der Waals surface area contributed by atoms with Crippen LogP contribution in [0.15, 0.2) is 30.6 Å². The Morgan fingerprint density at radius 1 is 1.33 bits per heavy atom. The Labute approximate surface area is 108 Å². The summed E-state index contributed by atoms with van der Waals surface area (Å²) in [6.45, 7) is 8.26. The van der Waals surface area contributed by atoms with Crippen molar-refractivity contribution in [3.05, 3.63) is 41.9 Å². The monoisotopic (exact) mass is 244 g/mol. The van der Waals surface area contributed by atoms with Crippen LogP contribution < -0.4 is 5.32 Å². The number of hydrogen-bond donors (Lipinski definition) is 1. The van der Waals surface area contributed by atoms with Crippen molar-refractivity contribution >= 4 is 0 Å². The Balaban J connectivity index is 2.36. The maximum absolute atomic E-state index is 4.66. The quantitative estimate of drug-likeness (QED) is 0.878. The fourth-order valence-corrected chi connectivity index (χ4v) is 1.78. The lowest BCUT2D eigenvalue weighted by atomic mass is 10.1. The highest BCUT2D eigenvalue weighted by Crippen LogP contribution is 2.16. The Morgan fingerprint density at radius 2 is 2.17 bits per heavy atom. The van der Waals surface area contributed by atoms with Crippen molar-refractivity contribution in [2.45, 2.75) is 33.2 Å². The van der Waals surface area contributed by atoms with Crippen LogP contribution in [0.4, 0.5) is 0 Å². The van der Waals surface area contributed by atoms with Gasteiger partial charge in [-0.1, -0.05) is 20.8 Å². The van der Waals surface area contributed by atoms with E-state index in [2.05, 4.69) is 48.3 Å². The van der Waals surface area contributed by atoms with Crippen LogP contribution in [-0.4, -0.2) is 21.3 Å². The minimum atomic E-state index is 0.417. The maximum Gasteiger partial charge on any atom is 0.153 e. The normalized spacial score (nSPS) is 11.1. The molecule has 1 N–H and O–H groups in total. The van der Waals surface area contributed by atoms with Crippen LogP contribution >= 0.6 is 0 Å². The van der Waals surface area contributed by atoms with E-state index in [0.29, 0.717) is 5.92 Å². The van der Waals surface area contributed by atoms with Gasteiger partial charge in [0.25, 0.3) is 0 Å².